The van der Waals surface area contributed by atoms with Gasteiger partial charge in [0.25, 0.3) is 0 Å². The van der Waals surface area contributed by atoms with Crippen LogP contribution in [0.5, 0.6) is 0 Å². The molecule has 0 saturated carbocycles. The summed E-state index contributed by atoms with van der Waals surface area (Å²) in [7, 11) is -3.60. The molecule has 0 unspecified atom stereocenters. The molecule has 0 radical (unpaired) electrons. The maximum absolute atomic E-state index is 12.8. The fraction of sp³-hybridized carbons (Fsp3) is 0.200. The Labute approximate surface area is 133 Å². The van der Waals surface area contributed by atoms with E-state index < -0.39 is 10.0 Å². The number of rotatable bonds is 7. The van der Waals surface area contributed by atoms with Crippen LogP contribution in [-0.4, -0.2) is 15.0 Å². The van der Waals surface area contributed by atoms with Gasteiger partial charge in [0.15, 0.2) is 0 Å². The Morgan fingerprint density at radius 3 is 2.26 bits per heavy atom. The Bertz CT molecular complexity index is 798. The predicted octanol–water partition coefficient (Wildman–Crippen LogP) is 3.16. The molecule has 0 amide bonds. The third kappa shape index (κ3) is 5.07. The van der Waals surface area contributed by atoms with Crippen molar-refractivity contribution in [3.05, 3.63) is 75.9 Å². The summed E-state index contributed by atoms with van der Waals surface area (Å²) in [5.41, 5.74) is 9.83. The second-order valence-electron chi connectivity index (χ2n) is 4.81. The van der Waals surface area contributed by atoms with E-state index >= 15 is 0 Å². The fourth-order valence-electron chi connectivity index (χ4n) is 1.95. The van der Waals surface area contributed by atoms with Crippen molar-refractivity contribution in [2.45, 2.75) is 17.9 Å². The van der Waals surface area contributed by atoms with Crippen LogP contribution in [0.25, 0.3) is 10.4 Å². The number of benzene rings is 2. The van der Waals surface area contributed by atoms with Gasteiger partial charge in [-0.3, -0.25) is 0 Å². The van der Waals surface area contributed by atoms with Crippen molar-refractivity contribution >= 4 is 10.0 Å². The summed E-state index contributed by atoms with van der Waals surface area (Å²) in [5.74, 6) is -0.324. The van der Waals surface area contributed by atoms with Crippen molar-refractivity contribution in [3.63, 3.8) is 0 Å². The largest absolute Gasteiger partial charge is 0.240 e. The summed E-state index contributed by atoms with van der Waals surface area (Å²) in [6, 6.07) is 12.0. The molecule has 6 nitrogen and oxygen atoms in total. The molecule has 2 aromatic rings. The van der Waals surface area contributed by atoms with E-state index in [0.717, 1.165) is 11.1 Å². The maximum Gasteiger partial charge on any atom is 0.240 e. The van der Waals surface area contributed by atoms with Gasteiger partial charge in [-0.05, 0) is 47.3 Å². The molecule has 8 heteroatoms. The lowest BCUT2D eigenvalue weighted by Crippen LogP contribution is -2.26. The van der Waals surface area contributed by atoms with Gasteiger partial charge in [-0.1, -0.05) is 29.4 Å². The zero-order chi connectivity index (χ0) is 16.7. The normalized spacial score (nSPS) is 11.0. The minimum Gasteiger partial charge on any atom is -0.211 e. The molecular formula is C15H15FN4O2S. The van der Waals surface area contributed by atoms with E-state index in [2.05, 4.69) is 14.7 Å². The van der Waals surface area contributed by atoms with Gasteiger partial charge >= 0.3 is 0 Å². The summed E-state index contributed by atoms with van der Waals surface area (Å²) in [5, 5.41) is 3.41. The number of hydrogen-bond acceptors (Lipinski definition) is 3. The number of nitrogens with zero attached hydrogens (tertiary/aromatic N) is 3. The topological polar surface area (TPSA) is 94.9 Å². The molecule has 0 spiro atoms. The Kier molecular flexibility index (Phi) is 5.70. The van der Waals surface area contributed by atoms with Crippen molar-refractivity contribution in [2.24, 2.45) is 5.11 Å². The molecule has 2 aromatic carbocycles. The van der Waals surface area contributed by atoms with E-state index in [-0.39, 0.29) is 23.8 Å². The number of hydrogen-bond donors (Lipinski definition) is 1. The van der Waals surface area contributed by atoms with Crippen molar-refractivity contribution in [2.75, 3.05) is 6.54 Å². The lowest BCUT2D eigenvalue weighted by molar-refractivity contribution is 0.581. The zero-order valence-electron chi connectivity index (χ0n) is 12.2. The van der Waals surface area contributed by atoms with Gasteiger partial charge in [-0.25, -0.2) is 17.5 Å². The van der Waals surface area contributed by atoms with Crippen molar-refractivity contribution in [1.82, 2.24) is 4.72 Å². The molecular weight excluding hydrogens is 319 g/mol. The first-order chi connectivity index (χ1) is 11.0. The molecule has 0 fully saturated rings. The van der Waals surface area contributed by atoms with Crippen LogP contribution in [0, 0.1) is 5.82 Å². The third-order valence-electron chi connectivity index (χ3n) is 3.17. The quantitative estimate of drug-likeness (QED) is 0.478. The highest BCUT2D eigenvalue weighted by Crippen LogP contribution is 2.11. The van der Waals surface area contributed by atoms with Crippen LogP contribution in [0.1, 0.15) is 11.1 Å². The standard InChI is InChI=1S/C15H15FN4O2S/c16-14-5-1-12(2-6-14)9-10-19-23(21,22)15-7-3-13(4-8-15)11-18-20-17/h1-8,19H,9-11H2. The van der Waals surface area contributed by atoms with E-state index in [0.29, 0.717) is 6.42 Å². The minimum absolute atomic E-state index is 0.140. The number of nitrogens with one attached hydrogen (secondary N) is 1. The first kappa shape index (κ1) is 17.0. The molecule has 0 bridgehead atoms. The molecule has 0 atom stereocenters. The highest BCUT2D eigenvalue weighted by molar-refractivity contribution is 7.89. The van der Waals surface area contributed by atoms with Crippen LogP contribution >= 0.6 is 0 Å². The second-order valence-corrected chi connectivity index (χ2v) is 6.57. The fourth-order valence-corrected chi connectivity index (χ4v) is 2.98. The Balaban J connectivity index is 1.95. The van der Waals surface area contributed by atoms with Crippen LogP contribution in [0.2, 0.25) is 0 Å². The summed E-state index contributed by atoms with van der Waals surface area (Å²) in [6.07, 6.45) is 0.467. The summed E-state index contributed by atoms with van der Waals surface area (Å²) < 4.78 is 39.6. The smallest absolute Gasteiger partial charge is 0.211 e. The monoisotopic (exact) mass is 334 g/mol. The van der Waals surface area contributed by atoms with Gasteiger partial charge in [0, 0.05) is 11.5 Å². The summed E-state index contributed by atoms with van der Waals surface area (Å²) >= 11 is 0. The van der Waals surface area contributed by atoms with Gasteiger partial charge in [-0.15, -0.1) is 0 Å². The van der Waals surface area contributed by atoms with Gasteiger partial charge in [0.1, 0.15) is 5.82 Å². The molecule has 0 aliphatic carbocycles. The summed E-state index contributed by atoms with van der Waals surface area (Å²) in [4.78, 5) is 2.79. The zero-order valence-corrected chi connectivity index (χ0v) is 13.0. The predicted molar refractivity (Wildman–Crippen MR) is 84.6 cm³/mol. The molecule has 23 heavy (non-hydrogen) atoms. The van der Waals surface area contributed by atoms with Crippen LogP contribution in [-0.2, 0) is 23.0 Å². The van der Waals surface area contributed by atoms with E-state index in [1.807, 2.05) is 0 Å². The molecule has 0 aromatic heterocycles. The Hall–Kier alpha value is -2.41. The van der Waals surface area contributed by atoms with E-state index in [1.165, 1.54) is 24.3 Å². The molecule has 0 saturated heterocycles. The first-order valence-corrected chi connectivity index (χ1v) is 8.33. The van der Waals surface area contributed by atoms with Crippen molar-refractivity contribution < 1.29 is 12.8 Å². The average Bonchev–Trinajstić information content (AvgIpc) is 2.55. The molecule has 0 aliphatic rings. The lowest BCUT2D eigenvalue weighted by atomic mass is 10.1. The molecule has 0 aliphatic heterocycles. The molecule has 1 N–H and O–H groups in total. The van der Waals surface area contributed by atoms with Gasteiger partial charge in [-0.2, -0.15) is 0 Å². The van der Waals surface area contributed by atoms with Crippen LogP contribution in [0.4, 0.5) is 4.39 Å². The minimum atomic E-state index is -3.60. The van der Waals surface area contributed by atoms with Gasteiger partial charge in [0.2, 0.25) is 10.0 Å². The highest BCUT2D eigenvalue weighted by Gasteiger charge is 2.12. The van der Waals surface area contributed by atoms with E-state index in [1.54, 1.807) is 24.3 Å². The van der Waals surface area contributed by atoms with Crippen LogP contribution < -0.4 is 4.72 Å². The Morgan fingerprint density at radius 1 is 1.04 bits per heavy atom. The molecule has 0 heterocycles. The van der Waals surface area contributed by atoms with E-state index in [4.69, 9.17) is 5.53 Å². The number of azide groups is 1. The van der Waals surface area contributed by atoms with Crippen LogP contribution in [0.15, 0.2) is 58.5 Å². The third-order valence-corrected chi connectivity index (χ3v) is 4.65. The summed E-state index contributed by atoms with van der Waals surface area (Å²) in [6.45, 7) is 0.392. The van der Waals surface area contributed by atoms with Crippen molar-refractivity contribution in [3.8, 4) is 0 Å². The SMILES string of the molecule is [N-]=[N+]=NCc1ccc(S(=O)(=O)NCCc2ccc(F)cc2)cc1. The molecule has 2 rings (SSSR count). The molecule has 120 valence electrons. The highest BCUT2D eigenvalue weighted by atomic mass is 32.2. The van der Waals surface area contributed by atoms with Crippen molar-refractivity contribution in [1.29, 1.82) is 0 Å². The second kappa shape index (κ2) is 7.73. The van der Waals surface area contributed by atoms with E-state index in [9.17, 15) is 12.8 Å². The number of sulfonamides is 1. The van der Waals surface area contributed by atoms with Crippen LogP contribution in [0.3, 0.4) is 0 Å². The Morgan fingerprint density at radius 2 is 1.65 bits per heavy atom. The van der Waals surface area contributed by atoms with Gasteiger partial charge < -0.3 is 0 Å². The first-order valence-electron chi connectivity index (χ1n) is 6.85. The number of halogens is 1. The average molecular weight is 334 g/mol. The van der Waals surface area contributed by atoms with Gasteiger partial charge in [0.05, 0.1) is 11.4 Å². The lowest BCUT2D eigenvalue weighted by Gasteiger charge is -2.07. The maximum atomic E-state index is 12.8.